The second-order valence-corrected chi connectivity index (χ2v) is 7.49. The number of nitrogens with zero attached hydrogens (tertiary/aromatic N) is 3. The average molecular weight is 441 g/mol. The van der Waals surface area contributed by atoms with Crippen LogP contribution in [0.15, 0.2) is 54.6 Å². The van der Waals surface area contributed by atoms with Crippen LogP contribution in [0.2, 0.25) is 10.0 Å². The van der Waals surface area contributed by atoms with E-state index in [2.05, 4.69) is 15.5 Å². The summed E-state index contributed by atoms with van der Waals surface area (Å²) in [5.41, 5.74) is 4.04. The number of benzene rings is 3. The van der Waals surface area contributed by atoms with E-state index in [0.717, 1.165) is 22.5 Å². The van der Waals surface area contributed by atoms with Gasteiger partial charge in [-0.3, -0.25) is 4.79 Å². The van der Waals surface area contributed by atoms with Crippen LogP contribution in [0.3, 0.4) is 0 Å². The zero-order chi connectivity index (χ0) is 21.3. The lowest BCUT2D eigenvalue weighted by Crippen LogP contribution is -2.13. The standard InChI is InChI=1S/C22H18Cl2N4O2/c1-3-30-16-7-5-15(6-8-16)28-26-20-10-13(2)19(12-21(20)27-28)25-22(29)17-9-4-14(23)11-18(17)24/h4-12H,3H2,1-2H3,(H,25,29). The summed E-state index contributed by atoms with van der Waals surface area (Å²) in [5, 5.41) is 12.7. The first kappa shape index (κ1) is 20.2. The van der Waals surface area contributed by atoms with E-state index in [-0.39, 0.29) is 5.91 Å². The lowest BCUT2D eigenvalue weighted by atomic mass is 10.1. The van der Waals surface area contributed by atoms with Crippen LogP contribution < -0.4 is 10.1 Å². The van der Waals surface area contributed by atoms with Crippen molar-refractivity contribution in [2.75, 3.05) is 11.9 Å². The van der Waals surface area contributed by atoms with E-state index in [1.807, 2.05) is 44.2 Å². The average Bonchev–Trinajstić information content (AvgIpc) is 3.11. The van der Waals surface area contributed by atoms with Crippen molar-refractivity contribution in [1.82, 2.24) is 15.0 Å². The largest absolute Gasteiger partial charge is 0.494 e. The topological polar surface area (TPSA) is 69.0 Å². The fourth-order valence-electron chi connectivity index (χ4n) is 3.02. The highest BCUT2D eigenvalue weighted by Crippen LogP contribution is 2.26. The lowest BCUT2D eigenvalue weighted by molar-refractivity contribution is 0.102. The first-order valence-corrected chi connectivity index (χ1v) is 10.1. The van der Waals surface area contributed by atoms with Crippen LogP contribution in [0.4, 0.5) is 5.69 Å². The van der Waals surface area contributed by atoms with Crippen molar-refractivity contribution in [3.8, 4) is 11.4 Å². The van der Waals surface area contributed by atoms with Gasteiger partial charge in [-0.15, -0.1) is 10.2 Å². The minimum absolute atomic E-state index is 0.292. The maximum atomic E-state index is 12.7. The summed E-state index contributed by atoms with van der Waals surface area (Å²) >= 11 is 12.1. The normalized spacial score (nSPS) is 10.9. The lowest BCUT2D eigenvalue weighted by Gasteiger charge is -2.09. The van der Waals surface area contributed by atoms with Gasteiger partial charge < -0.3 is 10.1 Å². The highest BCUT2D eigenvalue weighted by atomic mass is 35.5. The maximum absolute atomic E-state index is 12.7. The summed E-state index contributed by atoms with van der Waals surface area (Å²) in [6.45, 7) is 4.45. The van der Waals surface area contributed by atoms with Gasteiger partial charge in [0.15, 0.2) is 0 Å². The third-order valence-electron chi connectivity index (χ3n) is 4.53. The van der Waals surface area contributed by atoms with Gasteiger partial charge in [-0.05, 0) is 74.0 Å². The molecule has 6 nitrogen and oxygen atoms in total. The molecular weight excluding hydrogens is 423 g/mol. The molecule has 0 spiro atoms. The van der Waals surface area contributed by atoms with Crippen molar-refractivity contribution >= 4 is 45.8 Å². The molecule has 1 heterocycles. The molecule has 8 heteroatoms. The van der Waals surface area contributed by atoms with Gasteiger partial charge >= 0.3 is 0 Å². The molecule has 30 heavy (non-hydrogen) atoms. The van der Waals surface area contributed by atoms with Crippen molar-refractivity contribution in [3.63, 3.8) is 0 Å². The van der Waals surface area contributed by atoms with Crippen LogP contribution in [0.25, 0.3) is 16.7 Å². The molecule has 0 saturated heterocycles. The number of aryl methyl sites for hydroxylation is 1. The number of anilines is 1. The van der Waals surface area contributed by atoms with Crippen molar-refractivity contribution < 1.29 is 9.53 Å². The molecule has 0 fully saturated rings. The Morgan fingerprint density at radius 1 is 1.03 bits per heavy atom. The molecule has 0 radical (unpaired) electrons. The SMILES string of the molecule is CCOc1ccc(-n2nc3cc(C)c(NC(=O)c4ccc(Cl)cc4Cl)cc3n2)cc1. The van der Waals surface area contributed by atoms with Crippen LogP contribution >= 0.6 is 23.2 Å². The highest BCUT2D eigenvalue weighted by Gasteiger charge is 2.14. The van der Waals surface area contributed by atoms with Gasteiger partial charge in [0, 0.05) is 10.7 Å². The van der Waals surface area contributed by atoms with Gasteiger partial charge in [-0.2, -0.15) is 4.80 Å². The maximum Gasteiger partial charge on any atom is 0.257 e. The number of amides is 1. The molecule has 0 aliphatic carbocycles. The molecular formula is C22H18Cl2N4O2. The molecule has 0 aliphatic rings. The van der Waals surface area contributed by atoms with Crippen molar-refractivity contribution in [2.24, 2.45) is 0 Å². The summed E-state index contributed by atoms with van der Waals surface area (Å²) in [6, 6.07) is 16.0. The number of rotatable bonds is 5. The Hall–Kier alpha value is -3.09. The van der Waals surface area contributed by atoms with Crippen LogP contribution in [-0.2, 0) is 0 Å². The van der Waals surface area contributed by atoms with E-state index >= 15 is 0 Å². The number of ether oxygens (including phenoxy) is 1. The molecule has 1 N–H and O–H groups in total. The number of carbonyl (C=O) groups excluding carboxylic acids is 1. The van der Waals surface area contributed by atoms with Gasteiger partial charge in [0.25, 0.3) is 5.91 Å². The predicted octanol–water partition coefficient (Wildman–Crippen LogP) is 5.69. The van der Waals surface area contributed by atoms with Gasteiger partial charge in [0.05, 0.1) is 22.9 Å². The molecule has 152 valence electrons. The summed E-state index contributed by atoms with van der Waals surface area (Å²) in [6.07, 6.45) is 0. The van der Waals surface area contributed by atoms with Crippen molar-refractivity contribution in [2.45, 2.75) is 13.8 Å². The fraction of sp³-hybridized carbons (Fsp3) is 0.136. The fourth-order valence-corrected chi connectivity index (χ4v) is 3.52. The summed E-state index contributed by atoms with van der Waals surface area (Å²) in [7, 11) is 0. The molecule has 0 atom stereocenters. The smallest absolute Gasteiger partial charge is 0.257 e. The first-order chi connectivity index (χ1) is 14.4. The summed E-state index contributed by atoms with van der Waals surface area (Å²) < 4.78 is 5.47. The highest BCUT2D eigenvalue weighted by molar-refractivity contribution is 6.37. The van der Waals surface area contributed by atoms with Crippen LogP contribution in [0.5, 0.6) is 5.75 Å². The number of hydrogen-bond acceptors (Lipinski definition) is 4. The number of fused-ring (bicyclic) bond motifs is 1. The zero-order valence-corrected chi connectivity index (χ0v) is 17.8. The molecule has 0 bridgehead atoms. The van der Waals surface area contributed by atoms with E-state index in [0.29, 0.717) is 33.4 Å². The summed E-state index contributed by atoms with van der Waals surface area (Å²) in [5.74, 6) is 0.470. The Morgan fingerprint density at radius 2 is 1.73 bits per heavy atom. The van der Waals surface area contributed by atoms with Gasteiger partial charge in [-0.25, -0.2) is 0 Å². The van der Waals surface area contributed by atoms with E-state index < -0.39 is 0 Å². The van der Waals surface area contributed by atoms with E-state index in [4.69, 9.17) is 27.9 Å². The number of nitrogens with one attached hydrogen (secondary N) is 1. The number of aromatic nitrogens is 3. The van der Waals surface area contributed by atoms with Crippen LogP contribution in [-0.4, -0.2) is 27.5 Å². The Kier molecular flexibility index (Phi) is 5.61. The first-order valence-electron chi connectivity index (χ1n) is 9.32. The summed E-state index contributed by atoms with van der Waals surface area (Å²) in [4.78, 5) is 14.2. The van der Waals surface area contributed by atoms with Gasteiger partial charge in [0.2, 0.25) is 0 Å². The molecule has 3 aromatic carbocycles. The molecule has 4 rings (SSSR count). The molecule has 1 amide bonds. The number of carbonyl (C=O) groups is 1. The number of hydrogen-bond donors (Lipinski definition) is 1. The van der Waals surface area contributed by atoms with Crippen molar-refractivity contribution in [3.05, 3.63) is 75.8 Å². The van der Waals surface area contributed by atoms with Gasteiger partial charge in [-0.1, -0.05) is 23.2 Å². The van der Waals surface area contributed by atoms with Crippen molar-refractivity contribution in [1.29, 1.82) is 0 Å². The van der Waals surface area contributed by atoms with E-state index in [9.17, 15) is 4.79 Å². The van der Waals surface area contributed by atoms with E-state index in [1.54, 1.807) is 23.0 Å². The minimum atomic E-state index is -0.321. The van der Waals surface area contributed by atoms with E-state index in [1.165, 1.54) is 6.07 Å². The third kappa shape index (κ3) is 4.10. The minimum Gasteiger partial charge on any atom is -0.494 e. The van der Waals surface area contributed by atoms with Crippen LogP contribution in [0.1, 0.15) is 22.8 Å². The second kappa shape index (κ2) is 8.34. The third-order valence-corrected chi connectivity index (χ3v) is 5.08. The molecule has 4 aromatic rings. The molecule has 1 aromatic heterocycles. The quantitative estimate of drug-likeness (QED) is 0.432. The van der Waals surface area contributed by atoms with Crippen LogP contribution in [0, 0.1) is 6.92 Å². The predicted molar refractivity (Wildman–Crippen MR) is 119 cm³/mol. The Morgan fingerprint density at radius 3 is 2.40 bits per heavy atom. The monoisotopic (exact) mass is 440 g/mol. The Bertz CT molecular complexity index is 1240. The van der Waals surface area contributed by atoms with Gasteiger partial charge in [0.1, 0.15) is 16.8 Å². The Balaban J connectivity index is 1.62. The number of halogens is 2. The zero-order valence-electron chi connectivity index (χ0n) is 16.3. The molecule has 0 aliphatic heterocycles. The Labute approximate surface area is 183 Å². The molecule has 0 unspecified atom stereocenters. The second-order valence-electron chi connectivity index (χ2n) is 6.65. The molecule has 0 saturated carbocycles.